The molecule has 2 N–H and O–H groups in total. The van der Waals surface area contributed by atoms with E-state index in [4.69, 9.17) is 5.73 Å². The van der Waals surface area contributed by atoms with Gasteiger partial charge in [-0.3, -0.25) is 0 Å². The van der Waals surface area contributed by atoms with E-state index in [1.54, 1.807) is 0 Å². The highest BCUT2D eigenvalue weighted by Crippen LogP contribution is 2.33. The molecular weight excluding hydrogens is 233 g/mol. The van der Waals surface area contributed by atoms with Gasteiger partial charge in [-0.1, -0.05) is 32.4 Å². The number of hydrogen-bond donors (Lipinski definition) is 1. The van der Waals surface area contributed by atoms with E-state index in [-0.39, 0.29) is 17.1 Å². The van der Waals surface area contributed by atoms with Gasteiger partial charge in [-0.05, 0) is 36.3 Å². The average Bonchev–Trinajstić information content (AvgIpc) is 2.35. The molecule has 2 unspecified atom stereocenters. The van der Waals surface area contributed by atoms with Crippen molar-refractivity contribution in [1.82, 2.24) is 0 Å². The molecule has 0 saturated heterocycles. The number of halogens is 1. The molecule has 2 atom stereocenters. The summed E-state index contributed by atoms with van der Waals surface area (Å²) in [6.07, 6.45) is 3.35. The van der Waals surface area contributed by atoms with Crippen LogP contribution in [-0.2, 0) is 0 Å². The lowest BCUT2D eigenvalue weighted by molar-refractivity contribution is 0.617. The first-order valence-corrected chi connectivity index (χ1v) is 7.36. The molecule has 1 aromatic carbocycles. The Morgan fingerprint density at radius 1 is 1.24 bits per heavy atom. The molecule has 0 radical (unpaired) electrons. The normalized spacial score (nSPS) is 14.6. The summed E-state index contributed by atoms with van der Waals surface area (Å²) in [5, 5.41) is 0.284. The maximum absolute atomic E-state index is 12.9. The van der Waals surface area contributed by atoms with Gasteiger partial charge in [0.1, 0.15) is 5.82 Å². The minimum atomic E-state index is -0.184. The lowest BCUT2D eigenvalue weighted by atomic mass is 10.0. The SMILES string of the molecule is CCCCSC(c1ccc(F)cc1)C(N)CC. The van der Waals surface area contributed by atoms with E-state index in [1.165, 1.54) is 25.0 Å². The Bertz CT molecular complexity index is 313. The molecule has 0 fully saturated rings. The Morgan fingerprint density at radius 2 is 1.88 bits per heavy atom. The maximum Gasteiger partial charge on any atom is 0.123 e. The Morgan fingerprint density at radius 3 is 2.41 bits per heavy atom. The molecule has 0 aliphatic heterocycles. The van der Waals surface area contributed by atoms with Crippen LogP contribution in [0.3, 0.4) is 0 Å². The molecule has 0 spiro atoms. The molecule has 0 amide bonds. The minimum Gasteiger partial charge on any atom is -0.326 e. The zero-order valence-electron chi connectivity index (χ0n) is 10.7. The summed E-state index contributed by atoms with van der Waals surface area (Å²) in [5.74, 6) is 0.933. The summed E-state index contributed by atoms with van der Waals surface area (Å²) >= 11 is 1.89. The number of benzene rings is 1. The van der Waals surface area contributed by atoms with Crippen molar-refractivity contribution in [3.8, 4) is 0 Å². The predicted octanol–water partition coefficient (Wildman–Crippen LogP) is 4.14. The largest absolute Gasteiger partial charge is 0.326 e. The predicted molar refractivity (Wildman–Crippen MR) is 74.8 cm³/mol. The number of nitrogens with two attached hydrogens (primary N) is 1. The molecule has 1 nitrogen and oxygen atoms in total. The number of hydrogen-bond acceptors (Lipinski definition) is 2. The highest BCUT2D eigenvalue weighted by Gasteiger charge is 2.18. The van der Waals surface area contributed by atoms with E-state index >= 15 is 0 Å². The molecule has 3 heteroatoms. The average molecular weight is 255 g/mol. The zero-order valence-corrected chi connectivity index (χ0v) is 11.5. The Kier molecular flexibility index (Phi) is 6.60. The smallest absolute Gasteiger partial charge is 0.123 e. The van der Waals surface area contributed by atoms with Crippen molar-refractivity contribution in [1.29, 1.82) is 0 Å². The lowest BCUT2D eigenvalue weighted by Gasteiger charge is -2.23. The van der Waals surface area contributed by atoms with E-state index in [0.717, 1.165) is 17.7 Å². The van der Waals surface area contributed by atoms with Gasteiger partial charge in [-0.25, -0.2) is 4.39 Å². The second-order valence-electron chi connectivity index (χ2n) is 4.27. The third-order valence-electron chi connectivity index (χ3n) is 2.85. The fourth-order valence-electron chi connectivity index (χ4n) is 1.69. The van der Waals surface area contributed by atoms with Gasteiger partial charge in [0.15, 0.2) is 0 Å². The van der Waals surface area contributed by atoms with Gasteiger partial charge in [0.2, 0.25) is 0 Å². The molecule has 0 aliphatic carbocycles. The van der Waals surface area contributed by atoms with E-state index in [0.29, 0.717) is 0 Å². The van der Waals surface area contributed by atoms with Crippen molar-refractivity contribution in [2.75, 3.05) is 5.75 Å². The van der Waals surface area contributed by atoms with E-state index in [2.05, 4.69) is 13.8 Å². The van der Waals surface area contributed by atoms with Crippen LogP contribution in [0, 0.1) is 5.82 Å². The number of thioether (sulfide) groups is 1. The maximum atomic E-state index is 12.9. The van der Waals surface area contributed by atoms with Crippen LogP contribution in [0.2, 0.25) is 0 Å². The van der Waals surface area contributed by atoms with Gasteiger partial charge in [-0.15, -0.1) is 0 Å². The third kappa shape index (κ3) is 4.68. The van der Waals surface area contributed by atoms with Crippen molar-refractivity contribution in [3.05, 3.63) is 35.6 Å². The van der Waals surface area contributed by atoms with Gasteiger partial charge in [0.25, 0.3) is 0 Å². The Balaban J connectivity index is 2.71. The summed E-state index contributed by atoms with van der Waals surface area (Å²) in [7, 11) is 0. The van der Waals surface area contributed by atoms with Crippen molar-refractivity contribution >= 4 is 11.8 Å². The zero-order chi connectivity index (χ0) is 12.7. The van der Waals surface area contributed by atoms with E-state index in [1.807, 2.05) is 23.9 Å². The van der Waals surface area contributed by atoms with Crippen molar-refractivity contribution in [2.45, 2.75) is 44.4 Å². The van der Waals surface area contributed by atoms with Gasteiger partial charge < -0.3 is 5.73 Å². The molecular formula is C14H22FNS. The van der Waals surface area contributed by atoms with Crippen molar-refractivity contribution in [3.63, 3.8) is 0 Å². The van der Waals surface area contributed by atoms with Crippen LogP contribution in [-0.4, -0.2) is 11.8 Å². The van der Waals surface area contributed by atoms with Crippen LogP contribution in [0.5, 0.6) is 0 Å². The fourth-order valence-corrected chi connectivity index (χ4v) is 3.19. The fraction of sp³-hybridized carbons (Fsp3) is 0.571. The van der Waals surface area contributed by atoms with E-state index < -0.39 is 0 Å². The first-order valence-electron chi connectivity index (χ1n) is 6.31. The second-order valence-corrected chi connectivity index (χ2v) is 5.52. The summed E-state index contributed by atoms with van der Waals surface area (Å²) < 4.78 is 12.9. The van der Waals surface area contributed by atoms with Crippen molar-refractivity contribution in [2.24, 2.45) is 5.73 Å². The van der Waals surface area contributed by atoms with Crippen LogP contribution in [0.1, 0.15) is 43.9 Å². The summed E-state index contributed by atoms with van der Waals surface area (Å²) in [6, 6.07) is 6.89. The number of rotatable bonds is 7. The van der Waals surface area contributed by atoms with Crippen LogP contribution in [0.25, 0.3) is 0 Å². The van der Waals surface area contributed by atoms with Gasteiger partial charge >= 0.3 is 0 Å². The summed E-state index contributed by atoms with van der Waals surface area (Å²) in [4.78, 5) is 0. The highest BCUT2D eigenvalue weighted by molar-refractivity contribution is 7.99. The lowest BCUT2D eigenvalue weighted by Crippen LogP contribution is -2.26. The molecule has 96 valence electrons. The molecule has 0 aliphatic rings. The third-order valence-corrected chi connectivity index (χ3v) is 4.36. The number of unbranched alkanes of at least 4 members (excludes halogenated alkanes) is 1. The van der Waals surface area contributed by atoms with Crippen LogP contribution < -0.4 is 5.73 Å². The Hall–Kier alpha value is -0.540. The molecule has 17 heavy (non-hydrogen) atoms. The summed E-state index contributed by atoms with van der Waals surface area (Å²) in [5.41, 5.74) is 7.30. The van der Waals surface area contributed by atoms with Gasteiger partial charge in [0.05, 0.1) is 0 Å². The Labute approximate surface area is 108 Å². The monoisotopic (exact) mass is 255 g/mol. The van der Waals surface area contributed by atoms with Crippen LogP contribution in [0.4, 0.5) is 4.39 Å². The van der Waals surface area contributed by atoms with E-state index in [9.17, 15) is 4.39 Å². The molecule has 1 rings (SSSR count). The van der Waals surface area contributed by atoms with Crippen molar-refractivity contribution < 1.29 is 4.39 Å². The topological polar surface area (TPSA) is 26.0 Å². The highest BCUT2D eigenvalue weighted by atomic mass is 32.2. The molecule has 0 saturated carbocycles. The molecule has 0 bridgehead atoms. The quantitative estimate of drug-likeness (QED) is 0.741. The van der Waals surface area contributed by atoms with Gasteiger partial charge in [0, 0.05) is 11.3 Å². The standard InChI is InChI=1S/C14H22FNS/c1-3-5-10-17-14(13(16)4-2)11-6-8-12(15)9-7-11/h6-9,13-14H,3-5,10,16H2,1-2H3. The second kappa shape index (κ2) is 7.72. The molecule has 0 heterocycles. The molecule has 1 aromatic rings. The van der Waals surface area contributed by atoms with Crippen LogP contribution >= 0.6 is 11.8 Å². The summed E-state index contributed by atoms with van der Waals surface area (Å²) in [6.45, 7) is 4.29. The molecule has 0 aromatic heterocycles. The minimum absolute atomic E-state index is 0.141. The van der Waals surface area contributed by atoms with Gasteiger partial charge in [-0.2, -0.15) is 11.8 Å². The first-order chi connectivity index (χ1) is 8.19. The first kappa shape index (κ1) is 14.5. The van der Waals surface area contributed by atoms with Crippen LogP contribution in [0.15, 0.2) is 24.3 Å².